The number of aromatic hydroxyl groups is 1. The van der Waals surface area contributed by atoms with Crippen LogP contribution in [0.3, 0.4) is 0 Å². The van der Waals surface area contributed by atoms with Gasteiger partial charge in [0.15, 0.2) is 0 Å². The Morgan fingerprint density at radius 3 is 2.39 bits per heavy atom. The van der Waals surface area contributed by atoms with E-state index in [9.17, 15) is 5.11 Å². The van der Waals surface area contributed by atoms with Crippen LogP contribution in [0.2, 0.25) is 0 Å². The predicted octanol–water partition coefficient (Wildman–Crippen LogP) is 3.77. The highest BCUT2D eigenvalue weighted by atomic mass is 16.3. The van der Waals surface area contributed by atoms with E-state index in [4.69, 9.17) is 5.73 Å². The third-order valence-corrected chi connectivity index (χ3v) is 3.27. The molecule has 18 heavy (non-hydrogen) atoms. The predicted molar refractivity (Wildman–Crippen MR) is 76.7 cm³/mol. The van der Waals surface area contributed by atoms with Crippen LogP contribution in [0.25, 0.3) is 11.1 Å². The van der Waals surface area contributed by atoms with E-state index in [0.717, 1.165) is 24.0 Å². The van der Waals surface area contributed by atoms with Gasteiger partial charge in [-0.3, -0.25) is 0 Å². The minimum Gasteiger partial charge on any atom is -0.507 e. The van der Waals surface area contributed by atoms with Gasteiger partial charge in [-0.1, -0.05) is 32.0 Å². The van der Waals surface area contributed by atoms with Crippen molar-refractivity contribution >= 4 is 5.69 Å². The lowest BCUT2D eigenvalue weighted by atomic mass is 9.94. The van der Waals surface area contributed by atoms with Gasteiger partial charge in [0.05, 0.1) is 0 Å². The van der Waals surface area contributed by atoms with Gasteiger partial charge in [0.25, 0.3) is 0 Å². The molecule has 0 aliphatic rings. The van der Waals surface area contributed by atoms with Crippen LogP contribution < -0.4 is 5.73 Å². The van der Waals surface area contributed by atoms with Crippen LogP contribution in [0.15, 0.2) is 36.4 Å². The molecule has 0 aliphatic heterocycles. The highest BCUT2D eigenvalue weighted by Gasteiger charge is 2.09. The van der Waals surface area contributed by atoms with Crippen molar-refractivity contribution in [2.75, 3.05) is 5.73 Å². The summed E-state index contributed by atoms with van der Waals surface area (Å²) in [7, 11) is 0. The van der Waals surface area contributed by atoms with Crippen molar-refractivity contribution in [1.82, 2.24) is 0 Å². The second-order valence-corrected chi connectivity index (χ2v) is 4.48. The van der Waals surface area contributed by atoms with Crippen LogP contribution in [0.5, 0.6) is 5.75 Å². The molecule has 94 valence electrons. The highest BCUT2D eigenvalue weighted by Crippen LogP contribution is 2.34. The summed E-state index contributed by atoms with van der Waals surface area (Å²) < 4.78 is 0. The lowest BCUT2D eigenvalue weighted by molar-refractivity contribution is 0.477. The van der Waals surface area contributed by atoms with E-state index < -0.39 is 0 Å². The zero-order chi connectivity index (χ0) is 13.1. The molecule has 0 saturated carbocycles. The molecule has 0 aliphatic carbocycles. The number of nitrogen functional groups attached to an aromatic ring is 1. The van der Waals surface area contributed by atoms with Crippen LogP contribution in [-0.4, -0.2) is 5.11 Å². The monoisotopic (exact) mass is 241 g/mol. The molecule has 0 atom stereocenters. The van der Waals surface area contributed by atoms with Crippen LogP contribution in [0.1, 0.15) is 25.0 Å². The molecule has 2 heteroatoms. The molecule has 0 unspecified atom stereocenters. The fourth-order valence-corrected chi connectivity index (χ4v) is 2.19. The fraction of sp³-hybridized carbons (Fsp3) is 0.250. The maximum Gasteiger partial charge on any atom is 0.123 e. The van der Waals surface area contributed by atoms with Crippen LogP contribution in [0.4, 0.5) is 5.69 Å². The van der Waals surface area contributed by atoms with E-state index in [1.807, 2.05) is 6.07 Å². The summed E-state index contributed by atoms with van der Waals surface area (Å²) >= 11 is 0. The Bertz CT molecular complexity index is 561. The first-order chi connectivity index (χ1) is 8.65. The summed E-state index contributed by atoms with van der Waals surface area (Å²) in [5.74, 6) is 0.281. The largest absolute Gasteiger partial charge is 0.507 e. The molecule has 2 aromatic carbocycles. The van der Waals surface area contributed by atoms with Gasteiger partial charge in [-0.25, -0.2) is 0 Å². The first-order valence-corrected chi connectivity index (χ1v) is 6.36. The Morgan fingerprint density at radius 1 is 0.944 bits per heavy atom. The summed E-state index contributed by atoms with van der Waals surface area (Å²) in [5.41, 5.74) is 10.9. The zero-order valence-corrected chi connectivity index (χ0v) is 10.9. The summed E-state index contributed by atoms with van der Waals surface area (Å²) in [6.45, 7) is 4.27. The second-order valence-electron chi connectivity index (χ2n) is 4.48. The van der Waals surface area contributed by atoms with Gasteiger partial charge in [0.1, 0.15) is 5.75 Å². The number of hydrogen-bond acceptors (Lipinski definition) is 2. The van der Waals surface area contributed by atoms with Crippen LogP contribution in [-0.2, 0) is 12.8 Å². The Kier molecular flexibility index (Phi) is 3.56. The standard InChI is InChI=1S/C16H19NO/c1-3-11-5-7-14(12(4-2)9-11)15-10-13(17)6-8-16(15)18/h5-10,18H,3-4,17H2,1-2H3. The molecule has 3 N–H and O–H groups in total. The summed E-state index contributed by atoms with van der Waals surface area (Å²) in [6, 6.07) is 11.6. The van der Waals surface area contributed by atoms with Gasteiger partial charge < -0.3 is 10.8 Å². The first-order valence-electron chi connectivity index (χ1n) is 6.36. The number of hydrogen-bond donors (Lipinski definition) is 2. The van der Waals surface area contributed by atoms with Gasteiger partial charge in [-0.15, -0.1) is 0 Å². The minimum atomic E-state index is 0.281. The highest BCUT2D eigenvalue weighted by molar-refractivity contribution is 5.76. The Morgan fingerprint density at radius 2 is 1.72 bits per heavy atom. The molecule has 2 rings (SSSR count). The van der Waals surface area contributed by atoms with Gasteiger partial charge >= 0.3 is 0 Å². The normalized spacial score (nSPS) is 10.6. The Balaban J connectivity index is 2.59. The number of nitrogens with two attached hydrogens (primary N) is 1. The molecule has 0 fully saturated rings. The average Bonchev–Trinajstić information content (AvgIpc) is 2.41. The van der Waals surface area contributed by atoms with Crippen molar-refractivity contribution in [2.24, 2.45) is 0 Å². The van der Waals surface area contributed by atoms with Crippen LogP contribution >= 0.6 is 0 Å². The second kappa shape index (κ2) is 5.13. The van der Waals surface area contributed by atoms with Crippen molar-refractivity contribution < 1.29 is 5.11 Å². The summed E-state index contributed by atoms with van der Waals surface area (Å²) in [6.07, 6.45) is 1.97. The van der Waals surface area contributed by atoms with Crippen molar-refractivity contribution in [3.8, 4) is 16.9 Å². The van der Waals surface area contributed by atoms with E-state index in [1.165, 1.54) is 11.1 Å². The Hall–Kier alpha value is -1.96. The van der Waals surface area contributed by atoms with Crippen molar-refractivity contribution in [1.29, 1.82) is 0 Å². The SMILES string of the molecule is CCc1ccc(-c2cc(N)ccc2O)c(CC)c1. The molecule has 0 radical (unpaired) electrons. The van der Waals surface area contributed by atoms with Gasteiger partial charge in [-0.2, -0.15) is 0 Å². The molecule has 0 heterocycles. The van der Waals surface area contributed by atoms with Crippen molar-refractivity contribution in [3.63, 3.8) is 0 Å². The summed E-state index contributed by atoms with van der Waals surface area (Å²) in [5, 5.41) is 9.98. The Labute approximate surface area is 108 Å². The van der Waals surface area contributed by atoms with Gasteiger partial charge in [0.2, 0.25) is 0 Å². The molecule has 0 saturated heterocycles. The van der Waals surface area contributed by atoms with Crippen LogP contribution in [0, 0.1) is 0 Å². The number of rotatable bonds is 3. The topological polar surface area (TPSA) is 46.2 Å². The lowest BCUT2D eigenvalue weighted by Gasteiger charge is -2.12. The fourth-order valence-electron chi connectivity index (χ4n) is 2.19. The number of anilines is 1. The number of phenols is 1. The van der Waals surface area contributed by atoms with Gasteiger partial charge in [-0.05, 0) is 47.7 Å². The average molecular weight is 241 g/mol. The minimum absolute atomic E-state index is 0.281. The maximum absolute atomic E-state index is 9.98. The van der Waals surface area contributed by atoms with E-state index in [2.05, 4.69) is 32.0 Å². The molecule has 2 nitrogen and oxygen atoms in total. The van der Waals surface area contributed by atoms with E-state index in [1.54, 1.807) is 12.1 Å². The maximum atomic E-state index is 9.98. The quantitative estimate of drug-likeness (QED) is 0.634. The molecular formula is C16H19NO. The smallest absolute Gasteiger partial charge is 0.123 e. The molecule has 0 bridgehead atoms. The van der Waals surface area contributed by atoms with Gasteiger partial charge in [0, 0.05) is 11.3 Å². The zero-order valence-electron chi connectivity index (χ0n) is 10.9. The molecule has 0 amide bonds. The number of phenolic OH excluding ortho intramolecular Hbond substituents is 1. The first kappa shape index (κ1) is 12.5. The number of aryl methyl sites for hydroxylation is 2. The lowest BCUT2D eigenvalue weighted by Crippen LogP contribution is -1.93. The third-order valence-electron chi connectivity index (χ3n) is 3.27. The molecule has 0 spiro atoms. The molecule has 2 aromatic rings. The third kappa shape index (κ3) is 2.33. The van der Waals surface area contributed by atoms with E-state index in [-0.39, 0.29) is 5.75 Å². The number of benzene rings is 2. The molecular weight excluding hydrogens is 222 g/mol. The van der Waals surface area contributed by atoms with E-state index >= 15 is 0 Å². The summed E-state index contributed by atoms with van der Waals surface area (Å²) in [4.78, 5) is 0. The molecule has 0 aromatic heterocycles. The van der Waals surface area contributed by atoms with E-state index in [0.29, 0.717) is 5.69 Å². The van der Waals surface area contributed by atoms with Crippen molar-refractivity contribution in [2.45, 2.75) is 26.7 Å². The van der Waals surface area contributed by atoms with Crippen molar-refractivity contribution in [3.05, 3.63) is 47.5 Å².